The Morgan fingerprint density at radius 2 is 2.29 bits per heavy atom. The molecule has 3 heterocycles. The zero-order chi connectivity index (χ0) is 15.0. The first kappa shape index (κ1) is 13.9. The Morgan fingerprint density at radius 1 is 1.48 bits per heavy atom. The molecule has 6 nitrogen and oxygen atoms in total. The number of fused-ring (bicyclic) bond motifs is 3. The molecule has 0 spiro atoms. The first-order chi connectivity index (χ1) is 10.2. The number of rotatable bonds is 4. The van der Waals surface area contributed by atoms with Crippen molar-refractivity contribution >= 4 is 17.4 Å². The summed E-state index contributed by atoms with van der Waals surface area (Å²) in [6.45, 7) is 7.40. The van der Waals surface area contributed by atoms with Gasteiger partial charge in [0.25, 0.3) is 0 Å². The van der Waals surface area contributed by atoms with E-state index >= 15 is 0 Å². The standard InChI is InChI=1S/C15H20N4O2/c1-4-10(3)18-9-7-11-13(15(20)21-5-2)17-12-6-8-16-19(12)14(11)18/h6,8,10H,4-5,7,9H2,1-3H3. The van der Waals surface area contributed by atoms with Crippen molar-refractivity contribution in [2.24, 2.45) is 0 Å². The summed E-state index contributed by atoms with van der Waals surface area (Å²) in [4.78, 5) is 18.9. The molecule has 0 radical (unpaired) electrons. The normalized spacial score (nSPS) is 15.3. The van der Waals surface area contributed by atoms with Gasteiger partial charge in [-0.2, -0.15) is 9.61 Å². The van der Waals surface area contributed by atoms with Gasteiger partial charge >= 0.3 is 5.97 Å². The lowest BCUT2D eigenvalue weighted by atomic mass is 10.2. The summed E-state index contributed by atoms with van der Waals surface area (Å²) in [6.07, 6.45) is 3.56. The SMILES string of the molecule is CCOC(=O)c1nc2ccnn2c2c1CCN2C(C)CC. The molecule has 6 heteroatoms. The van der Waals surface area contributed by atoms with Crippen LogP contribution in [0.25, 0.3) is 5.65 Å². The van der Waals surface area contributed by atoms with E-state index in [9.17, 15) is 4.79 Å². The molecule has 112 valence electrons. The Kier molecular flexibility index (Phi) is 3.53. The molecular formula is C15H20N4O2. The van der Waals surface area contributed by atoms with Crippen LogP contribution < -0.4 is 4.90 Å². The molecule has 0 aliphatic carbocycles. The van der Waals surface area contributed by atoms with E-state index in [-0.39, 0.29) is 5.97 Å². The smallest absolute Gasteiger partial charge is 0.357 e. The van der Waals surface area contributed by atoms with E-state index in [0.717, 1.165) is 30.8 Å². The summed E-state index contributed by atoms with van der Waals surface area (Å²) >= 11 is 0. The number of anilines is 1. The summed E-state index contributed by atoms with van der Waals surface area (Å²) in [5.41, 5.74) is 2.07. The van der Waals surface area contributed by atoms with Crippen molar-refractivity contribution in [3.63, 3.8) is 0 Å². The molecule has 0 saturated heterocycles. The van der Waals surface area contributed by atoms with Gasteiger partial charge in [-0.3, -0.25) is 0 Å². The van der Waals surface area contributed by atoms with Gasteiger partial charge in [-0.1, -0.05) is 6.92 Å². The maximum absolute atomic E-state index is 12.2. The monoisotopic (exact) mass is 288 g/mol. The number of hydrogen-bond acceptors (Lipinski definition) is 5. The van der Waals surface area contributed by atoms with Gasteiger partial charge in [0.2, 0.25) is 0 Å². The van der Waals surface area contributed by atoms with Crippen molar-refractivity contribution in [1.29, 1.82) is 0 Å². The number of esters is 1. The molecule has 1 aliphatic heterocycles. The lowest BCUT2D eigenvalue weighted by molar-refractivity contribution is 0.0518. The van der Waals surface area contributed by atoms with E-state index in [2.05, 4.69) is 28.8 Å². The molecule has 21 heavy (non-hydrogen) atoms. The predicted molar refractivity (Wildman–Crippen MR) is 79.7 cm³/mol. The molecule has 2 aromatic rings. The van der Waals surface area contributed by atoms with Crippen molar-refractivity contribution in [1.82, 2.24) is 14.6 Å². The lowest BCUT2D eigenvalue weighted by Crippen LogP contribution is -2.32. The van der Waals surface area contributed by atoms with E-state index < -0.39 is 0 Å². The van der Waals surface area contributed by atoms with Crippen molar-refractivity contribution in [2.75, 3.05) is 18.1 Å². The number of nitrogens with zero attached hydrogens (tertiary/aromatic N) is 4. The van der Waals surface area contributed by atoms with Crippen molar-refractivity contribution in [2.45, 2.75) is 39.7 Å². The molecule has 0 fully saturated rings. The van der Waals surface area contributed by atoms with Gasteiger partial charge < -0.3 is 9.64 Å². The zero-order valence-electron chi connectivity index (χ0n) is 12.7. The third-order valence-corrected chi connectivity index (χ3v) is 4.07. The van der Waals surface area contributed by atoms with Gasteiger partial charge in [-0.15, -0.1) is 0 Å². The predicted octanol–water partition coefficient (Wildman–Crippen LogP) is 2.07. The number of ether oxygens (including phenoxy) is 1. The summed E-state index contributed by atoms with van der Waals surface area (Å²) in [7, 11) is 0. The Hall–Kier alpha value is -2.11. The molecule has 0 amide bonds. The van der Waals surface area contributed by atoms with Gasteiger partial charge in [-0.25, -0.2) is 9.78 Å². The van der Waals surface area contributed by atoms with Crippen LogP contribution in [0.1, 0.15) is 43.2 Å². The molecule has 0 N–H and O–H groups in total. The molecule has 2 aromatic heterocycles. The molecule has 0 bridgehead atoms. The van der Waals surface area contributed by atoms with Crippen LogP contribution in [0.5, 0.6) is 0 Å². The quantitative estimate of drug-likeness (QED) is 0.806. The van der Waals surface area contributed by atoms with Crippen LogP contribution in [0.2, 0.25) is 0 Å². The molecule has 0 saturated carbocycles. The van der Waals surface area contributed by atoms with Crippen LogP contribution in [0.15, 0.2) is 12.3 Å². The number of hydrogen-bond donors (Lipinski definition) is 0. The maximum atomic E-state index is 12.2. The van der Waals surface area contributed by atoms with Crippen LogP contribution in [-0.4, -0.2) is 39.8 Å². The average Bonchev–Trinajstić information content (AvgIpc) is 3.11. The third-order valence-electron chi connectivity index (χ3n) is 4.07. The fourth-order valence-electron chi connectivity index (χ4n) is 2.84. The second-order valence-electron chi connectivity index (χ2n) is 5.28. The van der Waals surface area contributed by atoms with Gasteiger partial charge in [0.05, 0.1) is 12.8 Å². The summed E-state index contributed by atoms with van der Waals surface area (Å²) in [5, 5.41) is 4.36. The lowest BCUT2D eigenvalue weighted by Gasteiger charge is -2.26. The highest BCUT2D eigenvalue weighted by molar-refractivity contribution is 5.91. The number of carbonyl (C=O) groups is 1. The summed E-state index contributed by atoms with van der Waals surface area (Å²) in [5.74, 6) is 0.644. The number of aromatic nitrogens is 3. The van der Waals surface area contributed by atoms with Gasteiger partial charge in [0.15, 0.2) is 11.3 Å². The van der Waals surface area contributed by atoms with E-state index in [1.54, 1.807) is 13.1 Å². The first-order valence-corrected chi connectivity index (χ1v) is 7.47. The van der Waals surface area contributed by atoms with Crippen molar-refractivity contribution < 1.29 is 9.53 Å². The van der Waals surface area contributed by atoms with Crippen LogP contribution in [0, 0.1) is 0 Å². The van der Waals surface area contributed by atoms with E-state index in [1.165, 1.54) is 0 Å². The van der Waals surface area contributed by atoms with Crippen molar-refractivity contribution in [3.8, 4) is 0 Å². The highest BCUT2D eigenvalue weighted by Gasteiger charge is 2.31. The molecule has 1 aliphatic rings. The minimum atomic E-state index is -0.344. The fraction of sp³-hybridized carbons (Fsp3) is 0.533. The molecule has 3 rings (SSSR count). The second-order valence-corrected chi connectivity index (χ2v) is 5.28. The van der Waals surface area contributed by atoms with Gasteiger partial charge in [0, 0.05) is 24.2 Å². The van der Waals surface area contributed by atoms with E-state index in [0.29, 0.717) is 24.0 Å². The number of carbonyl (C=O) groups excluding carboxylic acids is 1. The Morgan fingerprint density at radius 3 is 3.00 bits per heavy atom. The maximum Gasteiger partial charge on any atom is 0.357 e. The minimum absolute atomic E-state index is 0.344. The Labute approximate surface area is 123 Å². The fourth-order valence-corrected chi connectivity index (χ4v) is 2.84. The van der Waals surface area contributed by atoms with Crippen LogP contribution >= 0.6 is 0 Å². The molecule has 1 atom stereocenters. The van der Waals surface area contributed by atoms with Crippen molar-refractivity contribution in [3.05, 3.63) is 23.5 Å². The van der Waals surface area contributed by atoms with Gasteiger partial charge in [0.1, 0.15) is 5.82 Å². The zero-order valence-corrected chi connectivity index (χ0v) is 12.7. The topological polar surface area (TPSA) is 59.7 Å². The largest absolute Gasteiger partial charge is 0.461 e. The summed E-state index contributed by atoms with van der Waals surface area (Å²) in [6, 6.07) is 2.21. The molecular weight excluding hydrogens is 268 g/mol. The third kappa shape index (κ3) is 2.14. The van der Waals surface area contributed by atoms with Crippen LogP contribution in [0.3, 0.4) is 0 Å². The van der Waals surface area contributed by atoms with E-state index in [1.807, 2.05) is 10.6 Å². The Balaban J connectivity index is 2.18. The second kappa shape index (κ2) is 5.35. The average molecular weight is 288 g/mol. The Bertz CT molecular complexity index is 680. The molecule has 0 aromatic carbocycles. The van der Waals surface area contributed by atoms with Gasteiger partial charge in [-0.05, 0) is 26.7 Å². The minimum Gasteiger partial charge on any atom is -0.461 e. The summed E-state index contributed by atoms with van der Waals surface area (Å²) < 4.78 is 6.98. The van der Waals surface area contributed by atoms with E-state index in [4.69, 9.17) is 4.74 Å². The molecule has 1 unspecified atom stereocenters. The first-order valence-electron chi connectivity index (χ1n) is 7.47. The van der Waals surface area contributed by atoms with Crippen LogP contribution in [-0.2, 0) is 11.2 Å². The highest BCUT2D eigenvalue weighted by atomic mass is 16.5. The highest BCUT2D eigenvalue weighted by Crippen LogP contribution is 2.32. The van der Waals surface area contributed by atoms with Crippen LogP contribution in [0.4, 0.5) is 5.82 Å².